The normalized spacial score (nSPS) is 16.0. The molecule has 0 saturated carbocycles. The predicted molar refractivity (Wildman–Crippen MR) is 231 cm³/mol. The lowest BCUT2D eigenvalue weighted by Crippen LogP contribution is -2.46. The van der Waals surface area contributed by atoms with Crippen molar-refractivity contribution < 1.29 is 23.4 Å². The van der Waals surface area contributed by atoms with E-state index < -0.39 is 22.6 Å². The summed E-state index contributed by atoms with van der Waals surface area (Å²) in [5, 5.41) is 9.89. The summed E-state index contributed by atoms with van der Waals surface area (Å²) in [5.74, 6) is -0.646. The Morgan fingerprint density at radius 1 is 0.614 bits per heavy atom. The van der Waals surface area contributed by atoms with Crippen molar-refractivity contribution in [3.63, 3.8) is 0 Å². The van der Waals surface area contributed by atoms with Gasteiger partial charge in [-0.15, -0.1) is 0 Å². The minimum Gasteiger partial charge on any atom is -0.311 e. The van der Waals surface area contributed by atoms with Crippen LogP contribution in [-0.4, -0.2) is 56.6 Å². The fraction of sp³-hybridized carbons (Fsp3) is 0.375. The molecule has 8 rings (SSSR count). The van der Waals surface area contributed by atoms with E-state index in [1.807, 2.05) is 43.3 Å². The molecule has 1 N–H and O–H groups in total. The third-order valence-corrected chi connectivity index (χ3v) is 13.9. The van der Waals surface area contributed by atoms with Crippen LogP contribution in [0.15, 0.2) is 77.7 Å². The van der Waals surface area contributed by atoms with Crippen molar-refractivity contribution in [3.05, 3.63) is 95.1 Å². The predicted octanol–water partition coefficient (Wildman–Crippen LogP) is 10.3. The van der Waals surface area contributed by atoms with Crippen LogP contribution in [0.2, 0.25) is 0 Å². The highest BCUT2D eigenvalue weighted by Crippen LogP contribution is 2.47. The van der Waals surface area contributed by atoms with Crippen LogP contribution in [-0.2, 0) is 10.8 Å². The van der Waals surface area contributed by atoms with Crippen molar-refractivity contribution in [2.75, 3.05) is 17.2 Å². The van der Waals surface area contributed by atoms with Gasteiger partial charge in [0.15, 0.2) is 0 Å². The van der Waals surface area contributed by atoms with Gasteiger partial charge in [0.2, 0.25) is 0 Å². The summed E-state index contributed by atoms with van der Waals surface area (Å²) in [6.07, 6.45) is 3.98. The molecule has 2 heterocycles. The number of nitrogens with zero attached hydrogens (tertiary/aromatic N) is 2. The number of carbonyl (C=O) groups is 4. The van der Waals surface area contributed by atoms with Crippen LogP contribution in [0.3, 0.4) is 0 Å². The van der Waals surface area contributed by atoms with Crippen molar-refractivity contribution in [1.82, 2.24) is 10.2 Å². The molecule has 0 spiro atoms. The topological polar surface area (TPSA) is 104 Å². The molecule has 2 unspecified atom stereocenters. The van der Waals surface area contributed by atoms with Crippen LogP contribution in [0.5, 0.6) is 0 Å². The fourth-order valence-electron chi connectivity index (χ4n) is 8.97. The lowest BCUT2D eigenvalue weighted by atomic mass is 9.81. The second kappa shape index (κ2) is 14.1. The summed E-state index contributed by atoms with van der Waals surface area (Å²) in [4.78, 5) is 59.7. The number of fused-ring (bicyclic) bond motifs is 2. The molecule has 2 atom stereocenters. The number of benzene rings is 6. The summed E-state index contributed by atoms with van der Waals surface area (Å²) in [5.41, 5.74) is 2.49. The second-order valence-electron chi connectivity index (χ2n) is 17.9. The van der Waals surface area contributed by atoms with Crippen molar-refractivity contribution in [3.8, 4) is 0 Å². The van der Waals surface area contributed by atoms with E-state index in [1.165, 1.54) is 9.80 Å². The summed E-state index contributed by atoms with van der Waals surface area (Å²) >= 11 is 0. The van der Waals surface area contributed by atoms with Crippen molar-refractivity contribution in [1.29, 1.82) is 0 Å². The van der Waals surface area contributed by atoms with Gasteiger partial charge < -0.3 is 5.32 Å². The first-order valence-electron chi connectivity index (χ1n) is 20.2. The van der Waals surface area contributed by atoms with Crippen LogP contribution in [0.4, 0.5) is 5.69 Å². The first-order valence-corrected chi connectivity index (χ1v) is 21.6. The quantitative estimate of drug-likeness (QED) is 0.0711. The molecule has 2 aliphatic heterocycles. The first-order chi connectivity index (χ1) is 27.0. The number of rotatable bonds is 13. The molecule has 0 radical (unpaired) electrons. The van der Waals surface area contributed by atoms with Gasteiger partial charge in [0.05, 0.1) is 16.5 Å². The van der Waals surface area contributed by atoms with E-state index >= 15 is 0 Å². The summed E-state index contributed by atoms with van der Waals surface area (Å²) < 4.78 is 13.3. The number of hydrogen-bond acceptors (Lipinski definition) is 6. The van der Waals surface area contributed by atoms with Crippen LogP contribution in [0.25, 0.3) is 43.1 Å². The van der Waals surface area contributed by atoms with Crippen molar-refractivity contribution in [2.24, 2.45) is 11.3 Å². The van der Waals surface area contributed by atoms with E-state index in [0.29, 0.717) is 73.7 Å². The van der Waals surface area contributed by atoms with Crippen LogP contribution >= 0.6 is 0 Å². The molecule has 8 nitrogen and oxygen atoms in total. The molecule has 57 heavy (non-hydrogen) atoms. The van der Waals surface area contributed by atoms with Crippen LogP contribution in [0, 0.1) is 11.3 Å². The number of imide groups is 2. The highest BCUT2D eigenvalue weighted by atomic mass is 32.2. The standard InChI is InChI=1S/C48H51N3O5S/c1-9-47(5,6)22-23-48(7,8)49-24-25-57(56)30-12-10-29(11-13-30)51-45(54)37-20-16-33-31-14-18-35-41-36(44(53)50(43(35)52)28(4)26-27(2)3)19-15-32(39(31)41)34-17-21-38(46(51)55)42(37)40(33)34/h10-21,27-28,49H,9,22-26H2,1-8H3. The lowest BCUT2D eigenvalue weighted by Gasteiger charge is -2.33. The van der Waals surface area contributed by atoms with Gasteiger partial charge >= 0.3 is 0 Å². The minimum absolute atomic E-state index is 0.0688. The molecule has 0 bridgehead atoms. The Labute approximate surface area is 336 Å². The first kappa shape index (κ1) is 38.9. The number of nitrogens with one attached hydrogen (secondary N) is 1. The van der Waals surface area contributed by atoms with Crippen molar-refractivity contribution in [2.45, 2.75) is 97.5 Å². The van der Waals surface area contributed by atoms with Gasteiger partial charge in [-0.2, -0.15) is 0 Å². The van der Waals surface area contributed by atoms with Gasteiger partial charge in [-0.1, -0.05) is 65.3 Å². The maximum absolute atomic E-state index is 14.3. The van der Waals surface area contributed by atoms with Crippen LogP contribution < -0.4 is 10.2 Å². The van der Waals surface area contributed by atoms with Crippen LogP contribution in [0.1, 0.15) is 123 Å². The Hall–Kier alpha value is -4.99. The molecule has 2 aliphatic rings. The molecule has 9 heteroatoms. The second-order valence-corrected chi connectivity index (χ2v) is 19.5. The van der Waals surface area contributed by atoms with E-state index in [1.54, 1.807) is 36.4 Å². The zero-order valence-electron chi connectivity index (χ0n) is 34.2. The minimum atomic E-state index is -1.26. The maximum Gasteiger partial charge on any atom is 0.265 e. The van der Waals surface area contributed by atoms with E-state index in [2.05, 4.69) is 53.8 Å². The Bertz CT molecular complexity index is 2560. The number of hydrogen-bond donors (Lipinski definition) is 1. The molecular weight excluding hydrogens is 731 g/mol. The molecule has 0 saturated heterocycles. The van der Waals surface area contributed by atoms with Gasteiger partial charge in [0.1, 0.15) is 0 Å². The average Bonchev–Trinajstić information content (AvgIpc) is 3.17. The SMILES string of the molecule is CCC(C)(C)CCC(C)(C)NCCS(=O)c1ccc(N2C(=O)c3ccc4c5ccc6c7c(ccc(c8ccc(c3c48)C2=O)c75)C(=O)N(C(C)CC(C)C)C6=O)cc1. The Morgan fingerprint density at radius 2 is 1.07 bits per heavy atom. The number of carbonyl (C=O) groups excluding carboxylic acids is 4. The van der Waals surface area contributed by atoms with E-state index in [0.717, 1.165) is 51.6 Å². The Kier molecular flexibility index (Phi) is 9.64. The van der Waals surface area contributed by atoms with E-state index in [9.17, 15) is 23.4 Å². The molecule has 0 aliphatic carbocycles. The van der Waals surface area contributed by atoms with E-state index in [-0.39, 0.29) is 23.4 Å². The Morgan fingerprint density at radius 3 is 1.51 bits per heavy atom. The average molecular weight is 782 g/mol. The molecule has 6 aromatic carbocycles. The maximum atomic E-state index is 14.3. The van der Waals surface area contributed by atoms with Gasteiger partial charge in [-0.25, -0.2) is 4.90 Å². The Balaban J connectivity index is 1.10. The molecular formula is C48H51N3O5S. The van der Waals surface area contributed by atoms with Crippen molar-refractivity contribution >= 4 is 83.2 Å². The molecule has 294 valence electrons. The number of anilines is 1. The van der Waals surface area contributed by atoms with Gasteiger partial charge in [-0.05, 0) is 132 Å². The summed E-state index contributed by atoms with van der Waals surface area (Å²) in [6.45, 7) is 17.9. The summed E-state index contributed by atoms with van der Waals surface area (Å²) in [6, 6.07) is 21.5. The molecule has 0 fully saturated rings. The van der Waals surface area contributed by atoms with Gasteiger partial charge in [0.25, 0.3) is 23.6 Å². The van der Waals surface area contributed by atoms with E-state index in [4.69, 9.17) is 0 Å². The number of amides is 4. The third kappa shape index (κ3) is 6.43. The zero-order chi connectivity index (χ0) is 40.7. The fourth-order valence-corrected chi connectivity index (χ4v) is 9.93. The molecule has 0 aromatic heterocycles. The highest BCUT2D eigenvalue weighted by Gasteiger charge is 2.39. The lowest BCUT2D eigenvalue weighted by molar-refractivity contribution is 0.0535. The van der Waals surface area contributed by atoms with Gasteiger partial charge in [0, 0.05) is 61.8 Å². The largest absolute Gasteiger partial charge is 0.311 e. The van der Waals surface area contributed by atoms with Gasteiger partial charge in [-0.3, -0.25) is 28.3 Å². The third-order valence-electron chi connectivity index (χ3n) is 12.6. The monoisotopic (exact) mass is 781 g/mol. The zero-order valence-corrected chi connectivity index (χ0v) is 35.0. The smallest absolute Gasteiger partial charge is 0.265 e. The molecule has 6 aromatic rings. The molecule has 4 amide bonds. The summed E-state index contributed by atoms with van der Waals surface area (Å²) in [7, 11) is -1.26. The highest BCUT2D eigenvalue weighted by molar-refractivity contribution is 7.85.